The minimum Gasteiger partial charge on any atom is -0.0885 e. The van der Waals surface area contributed by atoms with Crippen molar-refractivity contribution < 1.29 is 0 Å². The van der Waals surface area contributed by atoms with Crippen LogP contribution in [0.5, 0.6) is 0 Å². The third kappa shape index (κ3) is 23.0. The molecule has 0 aliphatic rings. The molecule has 0 radical (unpaired) electrons. The van der Waals surface area contributed by atoms with Gasteiger partial charge in [-0.1, -0.05) is 147 Å². The van der Waals surface area contributed by atoms with Crippen molar-refractivity contribution in [1.29, 1.82) is 0 Å². The van der Waals surface area contributed by atoms with Crippen LogP contribution < -0.4 is 0 Å². The highest BCUT2D eigenvalue weighted by molar-refractivity contribution is 5.10. The fraction of sp³-hybridized carbons (Fsp3) is 0.824. The SMILES string of the molecule is CCCCCC=CCC=C(CCCCCCC)C(CCC=CCCCCC)CCCCCCC. The Morgan fingerprint density at radius 1 is 0.471 bits per heavy atom. The molecule has 0 heterocycles. The predicted octanol–water partition coefficient (Wildman–Crippen LogP) is 12.7. The van der Waals surface area contributed by atoms with Gasteiger partial charge in [-0.15, -0.1) is 0 Å². The van der Waals surface area contributed by atoms with Gasteiger partial charge in [0.15, 0.2) is 0 Å². The summed E-state index contributed by atoms with van der Waals surface area (Å²) in [5.41, 5.74) is 1.80. The maximum absolute atomic E-state index is 2.64. The Balaban J connectivity index is 4.95. The molecule has 0 bridgehead atoms. The lowest BCUT2D eigenvalue weighted by atomic mass is 9.85. The second-order valence-electron chi connectivity index (χ2n) is 10.6. The van der Waals surface area contributed by atoms with E-state index in [-0.39, 0.29) is 0 Å². The molecule has 0 aliphatic carbocycles. The van der Waals surface area contributed by atoms with Crippen molar-refractivity contribution >= 4 is 0 Å². The Morgan fingerprint density at radius 3 is 1.59 bits per heavy atom. The van der Waals surface area contributed by atoms with Crippen LogP contribution in [0.15, 0.2) is 36.0 Å². The minimum absolute atomic E-state index is 0.807. The van der Waals surface area contributed by atoms with Gasteiger partial charge in [-0.2, -0.15) is 0 Å². The van der Waals surface area contributed by atoms with E-state index in [1.54, 1.807) is 5.57 Å². The first kappa shape index (κ1) is 33.2. The Labute approximate surface area is 217 Å². The van der Waals surface area contributed by atoms with Gasteiger partial charge in [-0.05, 0) is 70.1 Å². The highest BCUT2D eigenvalue weighted by atomic mass is 14.2. The molecule has 200 valence electrons. The number of hydrogen-bond acceptors (Lipinski definition) is 0. The molecule has 1 atom stereocenters. The van der Waals surface area contributed by atoms with E-state index in [0.29, 0.717) is 0 Å². The van der Waals surface area contributed by atoms with Crippen molar-refractivity contribution in [3.63, 3.8) is 0 Å². The van der Waals surface area contributed by atoms with Gasteiger partial charge in [0.2, 0.25) is 0 Å². The van der Waals surface area contributed by atoms with E-state index >= 15 is 0 Å². The van der Waals surface area contributed by atoms with E-state index in [9.17, 15) is 0 Å². The summed E-state index contributed by atoms with van der Waals surface area (Å²) in [4.78, 5) is 0. The van der Waals surface area contributed by atoms with Crippen molar-refractivity contribution in [2.75, 3.05) is 0 Å². The van der Waals surface area contributed by atoms with Gasteiger partial charge in [0.05, 0.1) is 0 Å². The lowest BCUT2D eigenvalue weighted by Crippen LogP contribution is -2.06. The van der Waals surface area contributed by atoms with Crippen LogP contribution in [0.2, 0.25) is 0 Å². The smallest absolute Gasteiger partial charge is 0.0166 e. The third-order valence-electron chi connectivity index (χ3n) is 7.23. The van der Waals surface area contributed by atoms with Crippen LogP contribution in [0, 0.1) is 5.92 Å². The van der Waals surface area contributed by atoms with Crippen LogP contribution in [0.3, 0.4) is 0 Å². The Morgan fingerprint density at radius 2 is 0.971 bits per heavy atom. The first-order valence-corrected chi connectivity index (χ1v) is 15.8. The van der Waals surface area contributed by atoms with Gasteiger partial charge < -0.3 is 0 Å². The van der Waals surface area contributed by atoms with Crippen LogP contribution in [0.1, 0.15) is 175 Å². The largest absolute Gasteiger partial charge is 0.0885 e. The zero-order valence-corrected chi connectivity index (χ0v) is 24.2. The van der Waals surface area contributed by atoms with Gasteiger partial charge in [0, 0.05) is 0 Å². The third-order valence-corrected chi connectivity index (χ3v) is 7.23. The van der Waals surface area contributed by atoms with E-state index in [4.69, 9.17) is 0 Å². The molecule has 0 N–H and O–H groups in total. The summed E-state index contributed by atoms with van der Waals surface area (Å²) in [5.74, 6) is 0.807. The van der Waals surface area contributed by atoms with Gasteiger partial charge in [-0.25, -0.2) is 0 Å². The molecule has 0 aliphatic heterocycles. The first-order valence-electron chi connectivity index (χ1n) is 15.8. The highest BCUT2D eigenvalue weighted by Crippen LogP contribution is 2.29. The molecule has 0 aromatic heterocycles. The number of unbranched alkanes of at least 4 members (excludes halogenated alkanes) is 14. The van der Waals surface area contributed by atoms with Gasteiger partial charge in [0.25, 0.3) is 0 Å². The maximum atomic E-state index is 2.64. The van der Waals surface area contributed by atoms with Crippen LogP contribution in [0.4, 0.5) is 0 Å². The standard InChI is InChI=1S/C34H64/c1-5-9-13-17-19-23-27-31-33(29-25-21-15-11-7-3)34(30-26-22-16-12-8-4)32-28-24-20-18-14-10-6-2/h19-20,23-24,31,34H,5-18,21-22,25-30,32H2,1-4H3. The Hall–Kier alpha value is -0.780. The summed E-state index contributed by atoms with van der Waals surface area (Å²) in [7, 11) is 0. The number of allylic oxidation sites excluding steroid dienone is 6. The summed E-state index contributed by atoms with van der Waals surface area (Å²) >= 11 is 0. The zero-order chi connectivity index (χ0) is 25.0. The van der Waals surface area contributed by atoms with E-state index in [2.05, 4.69) is 58.1 Å². The molecule has 0 nitrogen and oxygen atoms in total. The van der Waals surface area contributed by atoms with Gasteiger partial charge in [-0.3, -0.25) is 0 Å². The summed E-state index contributed by atoms with van der Waals surface area (Å²) in [6.07, 6.45) is 43.7. The average Bonchev–Trinajstić information content (AvgIpc) is 2.85. The fourth-order valence-electron chi connectivity index (χ4n) is 4.91. The summed E-state index contributed by atoms with van der Waals surface area (Å²) < 4.78 is 0. The van der Waals surface area contributed by atoms with E-state index < -0.39 is 0 Å². The zero-order valence-electron chi connectivity index (χ0n) is 24.2. The quantitative estimate of drug-likeness (QED) is 0.0867. The van der Waals surface area contributed by atoms with Crippen LogP contribution in [-0.2, 0) is 0 Å². The predicted molar refractivity (Wildman–Crippen MR) is 159 cm³/mol. The lowest BCUT2D eigenvalue weighted by molar-refractivity contribution is 0.461. The molecule has 0 heteroatoms. The van der Waals surface area contributed by atoms with Crippen molar-refractivity contribution in [3.05, 3.63) is 36.0 Å². The molecule has 0 saturated carbocycles. The lowest BCUT2D eigenvalue weighted by Gasteiger charge is -2.21. The highest BCUT2D eigenvalue weighted by Gasteiger charge is 2.13. The molecule has 0 saturated heterocycles. The Bertz CT molecular complexity index is 466. The molecule has 0 rings (SSSR count). The molecule has 34 heavy (non-hydrogen) atoms. The Kier molecular flexibility index (Phi) is 27.8. The van der Waals surface area contributed by atoms with Crippen molar-refractivity contribution in [3.8, 4) is 0 Å². The van der Waals surface area contributed by atoms with Crippen LogP contribution >= 0.6 is 0 Å². The normalized spacial score (nSPS) is 13.5. The van der Waals surface area contributed by atoms with Gasteiger partial charge in [0.1, 0.15) is 0 Å². The summed E-state index contributed by atoms with van der Waals surface area (Å²) in [6, 6.07) is 0. The topological polar surface area (TPSA) is 0 Å². The van der Waals surface area contributed by atoms with E-state index in [1.165, 1.54) is 141 Å². The molecule has 0 amide bonds. The summed E-state index contributed by atoms with van der Waals surface area (Å²) in [5, 5.41) is 0. The number of rotatable bonds is 26. The van der Waals surface area contributed by atoms with Crippen molar-refractivity contribution in [1.82, 2.24) is 0 Å². The van der Waals surface area contributed by atoms with E-state index in [0.717, 1.165) is 12.3 Å². The molecular formula is C34H64. The minimum atomic E-state index is 0.807. The molecule has 0 fully saturated rings. The van der Waals surface area contributed by atoms with Crippen LogP contribution in [-0.4, -0.2) is 0 Å². The maximum Gasteiger partial charge on any atom is -0.0166 e. The fourth-order valence-corrected chi connectivity index (χ4v) is 4.91. The van der Waals surface area contributed by atoms with Crippen molar-refractivity contribution in [2.24, 2.45) is 5.92 Å². The molecule has 1 unspecified atom stereocenters. The molecule has 0 spiro atoms. The van der Waals surface area contributed by atoms with Crippen molar-refractivity contribution in [2.45, 2.75) is 175 Å². The molecular weight excluding hydrogens is 408 g/mol. The number of hydrogen-bond donors (Lipinski definition) is 0. The van der Waals surface area contributed by atoms with Gasteiger partial charge >= 0.3 is 0 Å². The summed E-state index contributed by atoms with van der Waals surface area (Å²) in [6.45, 7) is 9.24. The van der Waals surface area contributed by atoms with E-state index in [1.807, 2.05) is 0 Å². The first-order chi connectivity index (χ1) is 16.8. The second-order valence-corrected chi connectivity index (χ2v) is 10.6. The average molecular weight is 473 g/mol. The molecule has 0 aromatic rings. The molecule has 0 aromatic carbocycles. The monoisotopic (exact) mass is 473 g/mol. The second kappa shape index (κ2) is 28.5. The van der Waals surface area contributed by atoms with Crippen LogP contribution in [0.25, 0.3) is 0 Å².